The Balaban J connectivity index is 2.14. The number of aromatic nitrogens is 1. The number of carbonyl (C=O) groups excluding carboxylic acids is 1. The lowest BCUT2D eigenvalue weighted by Gasteiger charge is -2.24. The number of sulfonamides is 1. The monoisotopic (exact) mass is 452 g/mol. The van der Waals surface area contributed by atoms with E-state index in [0.717, 1.165) is 17.1 Å². The molecular formula is C21H32N4O3S2. The maximum atomic E-state index is 12.9. The molecule has 0 radical (unpaired) electrons. The molecule has 2 rings (SSSR count). The first-order valence-electron chi connectivity index (χ1n) is 10.2. The molecule has 0 aliphatic rings. The van der Waals surface area contributed by atoms with Crippen molar-refractivity contribution in [3.63, 3.8) is 0 Å². The van der Waals surface area contributed by atoms with Gasteiger partial charge >= 0.3 is 0 Å². The number of nitrogens with one attached hydrogen (secondary N) is 1. The molecule has 2 aromatic rings. The summed E-state index contributed by atoms with van der Waals surface area (Å²) in [6.07, 6.45) is 0.899. The minimum Gasteiger partial charge on any atom is -0.325 e. The van der Waals surface area contributed by atoms with Gasteiger partial charge in [0.1, 0.15) is 0 Å². The van der Waals surface area contributed by atoms with Crippen LogP contribution in [0.5, 0.6) is 0 Å². The highest BCUT2D eigenvalue weighted by molar-refractivity contribution is 7.89. The van der Waals surface area contributed by atoms with Crippen molar-refractivity contribution < 1.29 is 13.2 Å². The van der Waals surface area contributed by atoms with Crippen LogP contribution in [0.4, 0.5) is 5.69 Å². The molecular weight excluding hydrogens is 420 g/mol. The van der Waals surface area contributed by atoms with Crippen molar-refractivity contribution in [2.24, 2.45) is 0 Å². The number of carbonyl (C=O) groups is 1. The van der Waals surface area contributed by atoms with Crippen molar-refractivity contribution in [2.45, 2.75) is 58.5 Å². The number of likely N-dealkylation sites (N-methyl/N-ethyl adjacent to an activating group) is 1. The Hall–Kier alpha value is -1.81. The number of hydrogen-bond acceptors (Lipinski definition) is 6. The molecule has 30 heavy (non-hydrogen) atoms. The van der Waals surface area contributed by atoms with Crippen molar-refractivity contribution in [2.75, 3.05) is 25.5 Å². The molecule has 1 heterocycles. The lowest BCUT2D eigenvalue weighted by Crippen LogP contribution is -2.39. The van der Waals surface area contributed by atoms with E-state index in [2.05, 4.69) is 17.2 Å². The second kappa shape index (κ2) is 10.5. The number of nitrogens with zero attached hydrogens (tertiary/aromatic N) is 3. The molecule has 0 bridgehead atoms. The number of anilines is 1. The Bertz CT molecular complexity index is 968. The first kappa shape index (κ1) is 24.5. The molecule has 166 valence electrons. The van der Waals surface area contributed by atoms with Crippen molar-refractivity contribution in [3.05, 3.63) is 39.8 Å². The summed E-state index contributed by atoms with van der Waals surface area (Å²) in [4.78, 5) is 19.5. The van der Waals surface area contributed by atoms with E-state index >= 15 is 0 Å². The van der Waals surface area contributed by atoms with Gasteiger partial charge in [0.25, 0.3) is 0 Å². The Morgan fingerprint density at radius 1 is 1.23 bits per heavy atom. The van der Waals surface area contributed by atoms with Crippen LogP contribution in [0.3, 0.4) is 0 Å². The van der Waals surface area contributed by atoms with Gasteiger partial charge in [-0.2, -0.15) is 4.31 Å². The largest absolute Gasteiger partial charge is 0.325 e. The summed E-state index contributed by atoms with van der Waals surface area (Å²) in [7, 11) is -1.73. The van der Waals surface area contributed by atoms with Gasteiger partial charge in [-0.05, 0) is 45.0 Å². The fourth-order valence-corrected chi connectivity index (χ4v) is 5.53. The summed E-state index contributed by atoms with van der Waals surface area (Å²) in [5.41, 5.74) is 2.07. The second-order valence-electron chi connectivity index (χ2n) is 7.24. The predicted molar refractivity (Wildman–Crippen MR) is 122 cm³/mol. The molecule has 1 N–H and O–H groups in total. The van der Waals surface area contributed by atoms with Crippen LogP contribution in [-0.2, 0) is 27.8 Å². The van der Waals surface area contributed by atoms with E-state index < -0.39 is 16.1 Å². The quantitative estimate of drug-likeness (QED) is 0.597. The van der Waals surface area contributed by atoms with Crippen LogP contribution in [0.1, 0.15) is 44.0 Å². The molecule has 0 aliphatic heterocycles. The average Bonchev–Trinajstić information content (AvgIpc) is 3.16. The molecule has 1 aromatic carbocycles. The normalized spacial score (nSPS) is 13.1. The zero-order valence-electron chi connectivity index (χ0n) is 18.6. The van der Waals surface area contributed by atoms with Gasteiger partial charge in [0.2, 0.25) is 15.9 Å². The molecule has 1 aromatic heterocycles. The molecule has 1 unspecified atom stereocenters. The number of benzene rings is 1. The highest BCUT2D eigenvalue weighted by Gasteiger charge is 2.25. The third-order valence-electron chi connectivity index (χ3n) is 5.13. The summed E-state index contributed by atoms with van der Waals surface area (Å²) in [6, 6.07) is 4.60. The van der Waals surface area contributed by atoms with Crippen LogP contribution in [0.25, 0.3) is 0 Å². The number of thiazole rings is 1. The zero-order chi connectivity index (χ0) is 22.5. The lowest BCUT2D eigenvalue weighted by atomic mass is 10.2. The first-order chi connectivity index (χ1) is 14.1. The SMILES string of the molecule is CCc1nc(CN(C)C(C)C(=O)Nc2ccc(C)c(S(=O)(=O)N(CC)CC)c2)cs1. The van der Waals surface area contributed by atoms with Gasteiger partial charge in [0, 0.05) is 30.7 Å². The van der Waals surface area contributed by atoms with E-state index in [1.54, 1.807) is 36.5 Å². The molecule has 1 atom stereocenters. The van der Waals surface area contributed by atoms with Gasteiger partial charge in [0.05, 0.1) is 21.6 Å². The summed E-state index contributed by atoms with van der Waals surface area (Å²) < 4.78 is 27.3. The molecule has 9 heteroatoms. The van der Waals surface area contributed by atoms with E-state index in [4.69, 9.17) is 0 Å². The summed E-state index contributed by atoms with van der Waals surface area (Å²) in [5.74, 6) is -0.196. The van der Waals surface area contributed by atoms with Crippen LogP contribution in [0.2, 0.25) is 0 Å². The fourth-order valence-electron chi connectivity index (χ4n) is 3.08. The van der Waals surface area contributed by atoms with Crippen LogP contribution in [0, 0.1) is 6.92 Å². The lowest BCUT2D eigenvalue weighted by molar-refractivity contribution is -0.120. The minimum atomic E-state index is -3.60. The third kappa shape index (κ3) is 5.66. The predicted octanol–water partition coefficient (Wildman–Crippen LogP) is 3.50. The highest BCUT2D eigenvalue weighted by Crippen LogP contribution is 2.24. The Morgan fingerprint density at radius 2 is 1.90 bits per heavy atom. The highest BCUT2D eigenvalue weighted by atomic mass is 32.2. The molecule has 1 amide bonds. The summed E-state index contributed by atoms with van der Waals surface area (Å²) >= 11 is 1.63. The van der Waals surface area contributed by atoms with Gasteiger partial charge in [-0.3, -0.25) is 9.69 Å². The Labute approximate surface area is 184 Å². The van der Waals surface area contributed by atoms with Crippen LogP contribution < -0.4 is 5.32 Å². The van der Waals surface area contributed by atoms with Crippen LogP contribution in [0.15, 0.2) is 28.5 Å². The maximum Gasteiger partial charge on any atom is 0.243 e. The number of amides is 1. The first-order valence-corrected chi connectivity index (χ1v) is 12.5. The van der Waals surface area contributed by atoms with Crippen molar-refractivity contribution in [1.82, 2.24) is 14.2 Å². The van der Waals surface area contributed by atoms with Crippen molar-refractivity contribution >= 4 is 33.0 Å². The van der Waals surface area contributed by atoms with Crippen molar-refractivity contribution in [1.29, 1.82) is 0 Å². The third-order valence-corrected chi connectivity index (χ3v) is 8.37. The number of aryl methyl sites for hydroxylation is 2. The van der Waals surface area contributed by atoms with Gasteiger partial charge in [-0.15, -0.1) is 11.3 Å². The van der Waals surface area contributed by atoms with E-state index in [1.165, 1.54) is 4.31 Å². The standard InChI is InChI=1S/C21H32N4O3S2/c1-7-20-22-18(14-29-20)13-24(6)16(5)21(26)23-17-11-10-15(4)19(12-17)30(27,28)25(8-2)9-3/h10-12,14,16H,7-9,13H2,1-6H3,(H,23,26). The average molecular weight is 453 g/mol. The fraction of sp³-hybridized carbons (Fsp3) is 0.524. The van der Waals surface area contributed by atoms with Crippen LogP contribution in [-0.4, -0.2) is 54.7 Å². The minimum absolute atomic E-state index is 0.196. The maximum absolute atomic E-state index is 12.9. The molecule has 0 spiro atoms. The molecule has 7 nitrogen and oxygen atoms in total. The van der Waals surface area contributed by atoms with E-state index in [1.807, 2.05) is 38.1 Å². The van der Waals surface area contributed by atoms with Gasteiger partial charge in [-0.1, -0.05) is 26.8 Å². The topological polar surface area (TPSA) is 82.6 Å². The number of hydrogen-bond donors (Lipinski definition) is 1. The zero-order valence-corrected chi connectivity index (χ0v) is 20.2. The Morgan fingerprint density at radius 3 is 2.47 bits per heavy atom. The molecule has 0 saturated carbocycles. The van der Waals surface area contributed by atoms with E-state index in [-0.39, 0.29) is 10.8 Å². The Kier molecular flexibility index (Phi) is 8.54. The van der Waals surface area contributed by atoms with E-state index in [0.29, 0.717) is 30.9 Å². The van der Waals surface area contributed by atoms with E-state index in [9.17, 15) is 13.2 Å². The van der Waals surface area contributed by atoms with Crippen LogP contribution >= 0.6 is 11.3 Å². The summed E-state index contributed by atoms with van der Waals surface area (Å²) in [5, 5.41) is 5.96. The van der Waals surface area contributed by atoms with Gasteiger partial charge in [-0.25, -0.2) is 13.4 Å². The van der Waals surface area contributed by atoms with Crippen molar-refractivity contribution in [3.8, 4) is 0 Å². The van der Waals surface area contributed by atoms with Gasteiger partial charge in [0.15, 0.2) is 0 Å². The molecule has 0 fully saturated rings. The number of rotatable bonds is 10. The summed E-state index contributed by atoms with van der Waals surface area (Å²) in [6.45, 7) is 10.6. The molecule has 0 saturated heterocycles. The smallest absolute Gasteiger partial charge is 0.243 e. The molecule has 0 aliphatic carbocycles. The van der Waals surface area contributed by atoms with Gasteiger partial charge < -0.3 is 5.32 Å². The second-order valence-corrected chi connectivity index (χ2v) is 10.1.